The van der Waals surface area contributed by atoms with Crippen LogP contribution >= 0.6 is 0 Å². The molecule has 0 saturated heterocycles. The van der Waals surface area contributed by atoms with E-state index in [0.717, 1.165) is 6.07 Å². The molecule has 1 rings (SSSR count). The van der Waals surface area contributed by atoms with Gasteiger partial charge in [0.25, 0.3) is 0 Å². The topological polar surface area (TPSA) is 43.4 Å². The van der Waals surface area contributed by atoms with Crippen molar-refractivity contribution in [2.45, 2.75) is 6.92 Å². The third-order valence-corrected chi connectivity index (χ3v) is 2.76. The number of halogens is 1. The van der Waals surface area contributed by atoms with E-state index in [-0.39, 0.29) is 11.5 Å². The SMILES string of the molecule is C=CCS(=O)(=O)Oc1ccc(F)c(C)c1. The van der Waals surface area contributed by atoms with Gasteiger partial charge in [0.1, 0.15) is 17.3 Å². The highest BCUT2D eigenvalue weighted by atomic mass is 32.2. The van der Waals surface area contributed by atoms with Crippen molar-refractivity contribution in [3.05, 3.63) is 42.2 Å². The van der Waals surface area contributed by atoms with Crippen molar-refractivity contribution >= 4 is 10.1 Å². The van der Waals surface area contributed by atoms with Crippen molar-refractivity contribution in [1.82, 2.24) is 0 Å². The van der Waals surface area contributed by atoms with Crippen molar-refractivity contribution < 1.29 is 17.0 Å². The van der Waals surface area contributed by atoms with Gasteiger partial charge in [-0.05, 0) is 30.7 Å². The van der Waals surface area contributed by atoms with Crippen LogP contribution < -0.4 is 4.18 Å². The predicted molar refractivity (Wildman–Crippen MR) is 55.7 cm³/mol. The lowest BCUT2D eigenvalue weighted by Gasteiger charge is -2.05. The van der Waals surface area contributed by atoms with E-state index in [1.807, 2.05) is 0 Å². The highest BCUT2D eigenvalue weighted by Gasteiger charge is 2.10. The fourth-order valence-corrected chi connectivity index (χ4v) is 1.75. The molecule has 0 aromatic heterocycles. The Hall–Kier alpha value is -1.36. The maximum absolute atomic E-state index is 12.9. The summed E-state index contributed by atoms with van der Waals surface area (Å²) in [6, 6.07) is 3.76. The summed E-state index contributed by atoms with van der Waals surface area (Å²) in [7, 11) is -3.65. The number of benzene rings is 1. The molecule has 0 radical (unpaired) electrons. The van der Waals surface area contributed by atoms with E-state index in [1.54, 1.807) is 0 Å². The predicted octanol–water partition coefficient (Wildman–Crippen LogP) is 2.03. The standard InChI is InChI=1S/C10H11FO3S/c1-3-6-15(12,13)14-9-4-5-10(11)8(2)7-9/h3-5,7H,1,6H2,2H3. The highest BCUT2D eigenvalue weighted by molar-refractivity contribution is 7.87. The van der Waals surface area contributed by atoms with E-state index in [2.05, 4.69) is 6.58 Å². The molecule has 0 fully saturated rings. The fraction of sp³-hybridized carbons (Fsp3) is 0.200. The quantitative estimate of drug-likeness (QED) is 0.587. The molecule has 3 nitrogen and oxygen atoms in total. The average molecular weight is 230 g/mol. The van der Waals surface area contributed by atoms with Gasteiger partial charge in [0.05, 0.1) is 0 Å². The van der Waals surface area contributed by atoms with Gasteiger partial charge in [-0.2, -0.15) is 8.42 Å². The molecule has 5 heteroatoms. The van der Waals surface area contributed by atoms with Gasteiger partial charge in [0, 0.05) is 0 Å². The lowest BCUT2D eigenvalue weighted by Crippen LogP contribution is -2.12. The van der Waals surface area contributed by atoms with Crippen molar-refractivity contribution in [1.29, 1.82) is 0 Å². The third kappa shape index (κ3) is 3.36. The second kappa shape index (κ2) is 4.44. The number of rotatable bonds is 4. The second-order valence-electron chi connectivity index (χ2n) is 3.01. The van der Waals surface area contributed by atoms with Gasteiger partial charge in [-0.1, -0.05) is 6.08 Å². The van der Waals surface area contributed by atoms with E-state index >= 15 is 0 Å². The molecule has 0 aliphatic rings. The first-order chi connectivity index (χ1) is 6.94. The molecule has 15 heavy (non-hydrogen) atoms. The monoisotopic (exact) mass is 230 g/mol. The Balaban J connectivity index is 2.91. The molecule has 82 valence electrons. The van der Waals surface area contributed by atoms with Gasteiger partial charge >= 0.3 is 10.1 Å². The zero-order chi connectivity index (χ0) is 11.5. The van der Waals surface area contributed by atoms with Gasteiger partial charge in [-0.15, -0.1) is 6.58 Å². The van der Waals surface area contributed by atoms with Crippen LogP contribution in [0.3, 0.4) is 0 Å². The molecule has 0 atom stereocenters. The van der Waals surface area contributed by atoms with Crippen LogP contribution in [0.1, 0.15) is 5.56 Å². The molecule has 0 heterocycles. The minimum absolute atomic E-state index is 0.107. The molecule has 0 aliphatic heterocycles. The van der Waals surface area contributed by atoms with Gasteiger partial charge in [0.15, 0.2) is 0 Å². The third-order valence-electron chi connectivity index (χ3n) is 1.67. The van der Waals surface area contributed by atoms with Crippen molar-refractivity contribution in [2.24, 2.45) is 0 Å². The summed E-state index contributed by atoms with van der Waals surface area (Å²) in [6.07, 6.45) is 1.23. The highest BCUT2D eigenvalue weighted by Crippen LogP contribution is 2.17. The van der Waals surface area contributed by atoms with Crippen LogP contribution in [0.5, 0.6) is 5.75 Å². The second-order valence-corrected chi connectivity index (χ2v) is 4.62. The summed E-state index contributed by atoms with van der Waals surface area (Å²) in [5, 5.41) is 0. The Morgan fingerprint density at radius 1 is 1.53 bits per heavy atom. The molecule has 0 bridgehead atoms. The minimum Gasteiger partial charge on any atom is -0.382 e. The molecule has 1 aromatic rings. The van der Waals surface area contributed by atoms with E-state index in [1.165, 1.54) is 25.1 Å². The number of hydrogen-bond acceptors (Lipinski definition) is 3. The summed E-state index contributed by atoms with van der Waals surface area (Å²) in [5.74, 6) is -0.567. The molecule has 0 aliphatic carbocycles. The normalized spacial score (nSPS) is 11.1. The first-order valence-corrected chi connectivity index (χ1v) is 5.81. The van der Waals surface area contributed by atoms with Crippen LogP contribution in [0.2, 0.25) is 0 Å². The summed E-state index contributed by atoms with van der Waals surface area (Å²) in [4.78, 5) is 0. The smallest absolute Gasteiger partial charge is 0.312 e. The Labute approximate surface area is 88.3 Å². The van der Waals surface area contributed by atoms with Crippen molar-refractivity contribution in [2.75, 3.05) is 5.75 Å². The lowest BCUT2D eigenvalue weighted by atomic mass is 10.2. The van der Waals surface area contributed by atoms with Crippen LogP contribution in [0.15, 0.2) is 30.9 Å². The molecular weight excluding hydrogens is 219 g/mol. The Kier molecular flexibility index (Phi) is 3.47. The molecule has 0 saturated carbocycles. The Bertz CT molecular complexity index is 466. The molecule has 0 spiro atoms. The maximum atomic E-state index is 12.9. The largest absolute Gasteiger partial charge is 0.382 e. The van der Waals surface area contributed by atoms with E-state index in [4.69, 9.17) is 4.18 Å². The van der Waals surface area contributed by atoms with Gasteiger partial charge < -0.3 is 4.18 Å². The lowest BCUT2D eigenvalue weighted by molar-refractivity contribution is 0.488. The zero-order valence-electron chi connectivity index (χ0n) is 8.23. The summed E-state index contributed by atoms with van der Waals surface area (Å²) >= 11 is 0. The van der Waals surface area contributed by atoms with E-state index < -0.39 is 15.9 Å². The van der Waals surface area contributed by atoms with Crippen LogP contribution in [-0.4, -0.2) is 14.2 Å². The molecule has 1 aromatic carbocycles. The first kappa shape index (κ1) is 11.7. The van der Waals surface area contributed by atoms with Gasteiger partial charge in [0.2, 0.25) is 0 Å². The number of hydrogen-bond donors (Lipinski definition) is 0. The van der Waals surface area contributed by atoms with Gasteiger partial charge in [-0.25, -0.2) is 4.39 Å². The minimum atomic E-state index is -3.65. The van der Waals surface area contributed by atoms with Crippen molar-refractivity contribution in [3.63, 3.8) is 0 Å². The van der Waals surface area contributed by atoms with E-state index in [0.29, 0.717) is 5.56 Å². The molecule has 0 unspecified atom stereocenters. The summed E-state index contributed by atoms with van der Waals surface area (Å²) in [6.45, 7) is 4.83. The van der Waals surface area contributed by atoms with E-state index in [9.17, 15) is 12.8 Å². The average Bonchev–Trinajstić information content (AvgIpc) is 2.10. The maximum Gasteiger partial charge on any atom is 0.312 e. The van der Waals surface area contributed by atoms with Crippen LogP contribution in [0, 0.1) is 12.7 Å². The first-order valence-electron chi connectivity index (χ1n) is 4.24. The summed E-state index contributed by atoms with van der Waals surface area (Å²) < 4.78 is 40.0. The number of aryl methyl sites for hydroxylation is 1. The Morgan fingerprint density at radius 3 is 2.73 bits per heavy atom. The van der Waals surface area contributed by atoms with Crippen LogP contribution in [0.4, 0.5) is 4.39 Å². The fourth-order valence-electron chi connectivity index (χ4n) is 0.994. The molecular formula is C10H11FO3S. The van der Waals surface area contributed by atoms with Crippen LogP contribution in [-0.2, 0) is 10.1 Å². The summed E-state index contributed by atoms with van der Waals surface area (Å²) in [5.41, 5.74) is 0.335. The van der Waals surface area contributed by atoms with Crippen LogP contribution in [0.25, 0.3) is 0 Å². The van der Waals surface area contributed by atoms with Crippen molar-refractivity contribution in [3.8, 4) is 5.75 Å². The Morgan fingerprint density at radius 2 is 2.20 bits per heavy atom. The van der Waals surface area contributed by atoms with Gasteiger partial charge in [-0.3, -0.25) is 0 Å². The molecule has 0 amide bonds. The zero-order valence-corrected chi connectivity index (χ0v) is 9.05. The molecule has 0 N–H and O–H groups in total.